The Kier molecular flexibility index (Phi) is 3.52. The first-order valence-corrected chi connectivity index (χ1v) is 5.59. The van der Waals surface area contributed by atoms with E-state index in [1.54, 1.807) is 24.5 Å². The van der Waals surface area contributed by atoms with E-state index in [4.69, 9.17) is 5.73 Å². The van der Waals surface area contributed by atoms with Crippen molar-refractivity contribution in [1.82, 2.24) is 15.3 Å². The zero-order chi connectivity index (χ0) is 13.0. The molecule has 2 rings (SSSR count). The van der Waals surface area contributed by atoms with Gasteiger partial charge in [-0.3, -0.25) is 9.78 Å². The Morgan fingerprint density at radius 1 is 1.33 bits per heavy atom. The summed E-state index contributed by atoms with van der Waals surface area (Å²) in [5.74, 6) is -0.230. The lowest BCUT2D eigenvalue weighted by Crippen LogP contribution is -2.27. The highest BCUT2D eigenvalue weighted by molar-refractivity contribution is 5.92. The second kappa shape index (κ2) is 5.27. The van der Waals surface area contributed by atoms with Crippen molar-refractivity contribution in [1.29, 1.82) is 0 Å². The first-order chi connectivity index (χ1) is 8.66. The molecule has 0 unspecified atom stereocenters. The normalized spacial score (nSPS) is 11.8. The molecular formula is C13H14N4O. The van der Waals surface area contributed by atoms with E-state index in [2.05, 4.69) is 15.3 Å². The summed E-state index contributed by atoms with van der Waals surface area (Å²) in [7, 11) is 0. The van der Waals surface area contributed by atoms with Crippen molar-refractivity contribution in [3.8, 4) is 0 Å². The number of pyridine rings is 2. The van der Waals surface area contributed by atoms with Gasteiger partial charge in [-0.15, -0.1) is 0 Å². The van der Waals surface area contributed by atoms with Gasteiger partial charge >= 0.3 is 0 Å². The molecule has 0 radical (unpaired) electrons. The van der Waals surface area contributed by atoms with Gasteiger partial charge in [0, 0.05) is 12.4 Å². The number of carbonyl (C=O) groups excluding carboxylic acids is 1. The number of hydrogen-bond donors (Lipinski definition) is 2. The third kappa shape index (κ3) is 2.82. The average Bonchev–Trinajstić information content (AvgIpc) is 2.40. The molecule has 92 valence electrons. The lowest BCUT2D eigenvalue weighted by Gasteiger charge is -2.13. The van der Waals surface area contributed by atoms with Gasteiger partial charge in [0.15, 0.2) is 0 Å². The fourth-order valence-corrected chi connectivity index (χ4v) is 1.53. The van der Waals surface area contributed by atoms with E-state index >= 15 is 0 Å². The van der Waals surface area contributed by atoms with Crippen LogP contribution in [-0.2, 0) is 0 Å². The molecule has 2 aromatic heterocycles. The van der Waals surface area contributed by atoms with Crippen LogP contribution in [0.25, 0.3) is 0 Å². The molecule has 0 aliphatic carbocycles. The number of nitrogen functional groups attached to an aromatic ring is 1. The van der Waals surface area contributed by atoms with Crippen LogP contribution in [0.15, 0.2) is 42.9 Å². The third-order valence-electron chi connectivity index (χ3n) is 2.55. The van der Waals surface area contributed by atoms with Gasteiger partial charge in [0.05, 0.1) is 17.9 Å². The minimum atomic E-state index is -0.230. The maximum absolute atomic E-state index is 11.9. The van der Waals surface area contributed by atoms with Crippen LogP contribution in [-0.4, -0.2) is 15.9 Å². The fraction of sp³-hybridized carbons (Fsp3) is 0.154. The van der Waals surface area contributed by atoms with Gasteiger partial charge in [-0.1, -0.05) is 6.07 Å². The molecule has 5 heteroatoms. The molecule has 5 nitrogen and oxygen atoms in total. The Hall–Kier alpha value is -2.43. The summed E-state index contributed by atoms with van der Waals surface area (Å²) in [5, 5.41) is 2.85. The highest BCUT2D eigenvalue weighted by Gasteiger charge is 2.12. The highest BCUT2D eigenvalue weighted by Crippen LogP contribution is 2.11. The van der Waals surface area contributed by atoms with E-state index in [-0.39, 0.29) is 11.9 Å². The number of nitrogens with zero attached hydrogens (tertiary/aromatic N) is 2. The predicted octanol–water partition coefficient (Wildman–Crippen LogP) is 1.55. The molecule has 0 spiro atoms. The molecule has 18 heavy (non-hydrogen) atoms. The molecule has 0 aromatic carbocycles. The maximum atomic E-state index is 11.9. The average molecular weight is 242 g/mol. The number of nitrogens with one attached hydrogen (secondary N) is 1. The molecular weight excluding hydrogens is 228 g/mol. The summed E-state index contributed by atoms with van der Waals surface area (Å²) < 4.78 is 0. The monoisotopic (exact) mass is 242 g/mol. The van der Waals surface area contributed by atoms with Crippen molar-refractivity contribution < 1.29 is 4.79 Å². The van der Waals surface area contributed by atoms with Gasteiger partial charge in [-0.05, 0) is 30.7 Å². The molecule has 0 bridgehead atoms. The molecule has 0 fully saturated rings. The summed E-state index contributed by atoms with van der Waals surface area (Å²) in [6.45, 7) is 1.90. The SMILES string of the molecule is C[C@@H](NC(=O)c1ccc(N)cn1)c1cccnc1. The molecule has 0 saturated heterocycles. The maximum Gasteiger partial charge on any atom is 0.270 e. The molecule has 0 saturated carbocycles. The Labute approximate surface area is 105 Å². The van der Waals surface area contributed by atoms with Gasteiger partial charge in [0.2, 0.25) is 0 Å². The van der Waals surface area contributed by atoms with Crippen molar-refractivity contribution in [2.24, 2.45) is 0 Å². The summed E-state index contributed by atoms with van der Waals surface area (Å²) in [6.07, 6.45) is 4.88. The second-order valence-corrected chi connectivity index (χ2v) is 3.96. The lowest BCUT2D eigenvalue weighted by atomic mass is 10.1. The van der Waals surface area contributed by atoms with Crippen molar-refractivity contribution in [2.45, 2.75) is 13.0 Å². The van der Waals surface area contributed by atoms with Crippen LogP contribution in [0.4, 0.5) is 5.69 Å². The van der Waals surface area contributed by atoms with Crippen LogP contribution in [0, 0.1) is 0 Å². The van der Waals surface area contributed by atoms with Gasteiger partial charge in [0.1, 0.15) is 5.69 Å². The van der Waals surface area contributed by atoms with Crippen LogP contribution >= 0.6 is 0 Å². The van der Waals surface area contributed by atoms with Crippen LogP contribution in [0.5, 0.6) is 0 Å². The smallest absolute Gasteiger partial charge is 0.270 e. The van der Waals surface area contributed by atoms with Crippen molar-refractivity contribution >= 4 is 11.6 Å². The number of anilines is 1. The van der Waals surface area contributed by atoms with Gasteiger partial charge in [0.25, 0.3) is 5.91 Å². The molecule has 1 amide bonds. The van der Waals surface area contributed by atoms with E-state index in [9.17, 15) is 4.79 Å². The largest absolute Gasteiger partial charge is 0.397 e. The van der Waals surface area contributed by atoms with Crippen molar-refractivity contribution in [2.75, 3.05) is 5.73 Å². The minimum absolute atomic E-state index is 0.120. The molecule has 0 aliphatic rings. The zero-order valence-corrected chi connectivity index (χ0v) is 10.00. The number of amides is 1. The quantitative estimate of drug-likeness (QED) is 0.855. The summed E-state index contributed by atoms with van der Waals surface area (Å²) >= 11 is 0. The van der Waals surface area contributed by atoms with Crippen LogP contribution in [0.2, 0.25) is 0 Å². The first-order valence-electron chi connectivity index (χ1n) is 5.59. The Morgan fingerprint density at radius 3 is 2.78 bits per heavy atom. The van der Waals surface area contributed by atoms with Crippen LogP contribution in [0.1, 0.15) is 29.0 Å². The minimum Gasteiger partial charge on any atom is -0.397 e. The lowest BCUT2D eigenvalue weighted by molar-refractivity contribution is 0.0935. The van der Waals surface area contributed by atoms with Crippen LogP contribution in [0.3, 0.4) is 0 Å². The van der Waals surface area contributed by atoms with Crippen LogP contribution < -0.4 is 11.1 Å². The summed E-state index contributed by atoms with van der Waals surface area (Å²) in [6, 6.07) is 6.87. The first kappa shape index (κ1) is 12.0. The second-order valence-electron chi connectivity index (χ2n) is 3.96. The number of rotatable bonds is 3. The predicted molar refractivity (Wildman–Crippen MR) is 68.8 cm³/mol. The number of aromatic nitrogens is 2. The van der Waals surface area contributed by atoms with E-state index in [1.165, 1.54) is 6.20 Å². The summed E-state index contributed by atoms with van der Waals surface area (Å²) in [4.78, 5) is 19.9. The van der Waals surface area contributed by atoms with Crippen molar-refractivity contribution in [3.05, 3.63) is 54.1 Å². The number of nitrogens with two attached hydrogens (primary N) is 1. The molecule has 3 N–H and O–H groups in total. The zero-order valence-electron chi connectivity index (χ0n) is 10.00. The molecule has 0 aliphatic heterocycles. The highest BCUT2D eigenvalue weighted by atomic mass is 16.1. The van der Waals surface area contributed by atoms with Crippen molar-refractivity contribution in [3.63, 3.8) is 0 Å². The third-order valence-corrected chi connectivity index (χ3v) is 2.55. The van der Waals surface area contributed by atoms with E-state index < -0.39 is 0 Å². The van der Waals surface area contributed by atoms with E-state index in [0.29, 0.717) is 11.4 Å². The van der Waals surface area contributed by atoms with Gasteiger partial charge in [-0.25, -0.2) is 4.98 Å². The number of carbonyl (C=O) groups is 1. The Bertz CT molecular complexity index is 524. The molecule has 2 heterocycles. The standard InChI is InChI=1S/C13H14N4O/c1-9(10-3-2-6-15-7-10)17-13(18)12-5-4-11(14)8-16-12/h2-9H,14H2,1H3,(H,17,18)/t9-/m1/s1. The Balaban J connectivity index is 2.06. The van der Waals surface area contributed by atoms with Gasteiger partial charge in [-0.2, -0.15) is 0 Å². The van der Waals surface area contributed by atoms with E-state index in [0.717, 1.165) is 5.56 Å². The molecule has 2 aromatic rings. The fourth-order valence-electron chi connectivity index (χ4n) is 1.53. The topological polar surface area (TPSA) is 80.9 Å². The summed E-state index contributed by atoms with van der Waals surface area (Å²) in [5.41, 5.74) is 7.34. The van der Waals surface area contributed by atoms with Gasteiger partial charge < -0.3 is 11.1 Å². The molecule has 1 atom stereocenters. The van der Waals surface area contributed by atoms with E-state index in [1.807, 2.05) is 19.1 Å². The number of hydrogen-bond acceptors (Lipinski definition) is 4. The Morgan fingerprint density at radius 2 is 2.17 bits per heavy atom.